The summed E-state index contributed by atoms with van der Waals surface area (Å²) >= 11 is 0. The molecule has 0 radical (unpaired) electrons. The smallest absolute Gasteiger partial charge is 0.318 e. The van der Waals surface area contributed by atoms with Crippen molar-refractivity contribution in [2.75, 3.05) is 6.54 Å². The Labute approximate surface area is 124 Å². The van der Waals surface area contributed by atoms with Gasteiger partial charge < -0.3 is 5.11 Å². The molecule has 0 aliphatic carbocycles. The van der Waals surface area contributed by atoms with Crippen molar-refractivity contribution in [3.63, 3.8) is 0 Å². The fourth-order valence-corrected chi connectivity index (χ4v) is 3.47. The maximum absolute atomic E-state index is 12.5. The lowest BCUT2D eigenvalue weighted by atomic mass is 10.2. The fourth-order valence-electron chi connectivity index (χ4n) is 1.82. The Bertz CT molecular complexity index is 632. The number of aliphatic carboxylic acids is 1. The second-order valence-corrected chi connectivity index (χ2v) is 6.57. The van der Waals surface area contributed by atoms with Gasteiger partial charge in [-0.2, -0.15) is 9.57 Å². The first-order valence-corrected chi connectivity index (χ1v) is 7.96. The van der Waals surface area contributed by atoms with Gasteiger partial charge in [-0.05, 0) is 31.0 Å². The van der Waals surface area contributed by atoms with E-state index in [0.29, 0.717) is 12.0 Å². The third kappa shape index (κ3) is 4.28. The zero-order chi connectivity index (χ0) is 16.0. The molecule has 1 atom stereocenters. The van der Waals surface area contributed by atoms with Crippen molar-refractivity contribution in [3.05, 3.63) is 29.8 Å². The molecule has 0 aromatic heterocycles. The first-order valence-electron chi connectivity index (χ1n) is 6.52. The van der Waals surface area contributed by atoms with Gasteiger partial charge in [-0.1, -0.05) is 19.1 Å². The van der Waals surface area contributed by atoms with Gasteiger partial charge in [-0.25, -0.2) is 8.42 Å². The highest BCUT2D eigenvalue weighted by Crippen LogP contribution is 2.20. The maximum Gasteiger partial charge on any atom is 0.318 e. The molecule has 0 amide bonds. The molecule has 6 nitrogen and oxygen atoms in total. The highest BCUT2D eigenvalue weighted by molar-refractivity contribution is 7.89. The Hall–Kier alpha value is -1.91. The molecule has 114 valence electrons. The minimum Gasteiger partial charge on any atom is -0.480 e. The summed E-state index contributed by atoms with van der Waals surface area (Å²) in [6.07, 6.45) is 0.712. The molecule has 0 aliphatic rings. The van der Waals surface area contributed by atoms with Crippen LogP contribution in [-0.4, -0.2) is 36.4 Å². The van der Waals surface area contributed by atoms with E-state index in [-0.39, 0.29) is 11.3 Å². The van der Waals surface area contributed by atoms with Crippen LogP contribution in [0, 0.1) is 11.3 Å². The topological polar surface area (TPSA) is 98.5 Å². The molecule has 0 bridgehead atoms. The lowest BCUT2D eigenvalue weighted by Crippen LogP contribution is -2.41. The van der Waals surface area contributed by atoms with Crippen LogP contribution in [0.1, 0.15) is 25.8 Å². The molecule has 0 fully saturated rings. The van der Waals surface area contributed by atoms with Crippen LogP contribution in [0.15, 0.2) is 29.2 Å². The van der Waals surface area contributed by atoms with Crippen molar-refractivity contribution in [2.24, 2.45) is 0 Å². The van der Waals surface area contributed by atoms with E-state index in [4.69, 9.17) is 10.4 Å². The second kappa shape index (κ2) is 7.20. The van der Waals surface area contributed by atoms with Crippen LogP contribution in [0.2, 0.25) is 0 Å². The summed E-state index contributed by atoms with van der Waals surface area (Å²) in [7, 11) is -3.87. The molecule has 21 heavy (non-hydrogen) atoms. The van der Waals surface area contributed by atoms with Crippen LogP contribution >= 0.6 is 0 Å². The van der Waals surface area contributed by atoms with E-state index in [9.17, 15) is 13.2 Å². The minimum atomic E-state index is -3.87. The molecule has 1 aromatic carbocycles. The van der Waals surface area contributed by atoms with E-state index < -0.39 is 28.6 Å². The van der Waals surface area contributed by atoms with Crippen molar-refractivity contribution in [1.29, 1.82) is 5.26 Å². The van der Waals surface area contributed by atoms with Gasteiger partial charge in [0, 0.05) is 6.04 Å². The molecule has 1 aromatic rings. The fraction of sp³-hybridized carbons (Fsp3) is 0.429. The SMILES string of the molecule is CCC(C)N(CC(=O)O)S(=O)(=O)c1ccc(CC#N)cc1. The summed E-state index contributed by atoms with van der Waals surface area (Å²) in [5.41, 5.74) is 0.713. The summed E-state index contributed by atoms with van der Waals surface area (Å²) < 4.78 is 26.1. The van der Waals surface area contributed by atoms with Gasteiger partial charge in [0.15, 0.2) is 0 Å². The zero-order valence-corrected chi connectivity index (χ0v) is 12.8. The number of benzene rings is 1. The molecule has 0 saturated heterocycles. The summed E-state index contributed by atoms with van der Waals surface area (Å²) in [4.78, 5) is 10.9. The lowest BCUT2D eigenvalue weighted by Gasteiger charge is -2.26. The number of nitrogens with zero attached hydrogens (tertiary/aromatic N) is 2. The summed E-state index contributed by atoms with van der Waals surface area (Å²) in [6.45, 7) is 2.90. The van der Waals surface area contributed by atoms with E-state index >= 15 is 0 Å². The summed E-state index contributed by atoms with van der Waals surface area (Å²) in [5, 5.41) is 17.5. The highest BCUT2D eigenvalue weighted by atomic mass is 32.2. The zero-order valence-electron chi connectivity index (χ0n) is 12.0. The molecular formula is C14H18N2O4S. The molecular weight excluding hydrogens is 292 g/mol. The van der Waals surface area contributed by atoms with Gasteiger partial charge in [0.05, 0.1) is 17.4 Å². The van der Waals surface area contributed by atoms with Crippen LogP contribution in [0.3, 0.4) is 0 Å². The third-order valence-electron chi connectivity index (χ3n) is 3.19. The molecule has 0 aliphatic heterocycles. The third-order valence-corrected chi connectivity index (χ3v) is 5.16. The van der Waals surface area contributed by atoms with E-state index in [0.717, 1.165) is 4.31 Å². The van der Waals surface area contributed by atoms with E-state index in [2.05, 4.69) is 0 Å². The molecule has 0 spiro atoms. The van der Waals surface area contributed by atoms with Crippen molar-refractivity contribution < 1.29 is 18.3 Å². The van der Waals surface area contributed by atoms with Crippen LogP contribution in [0.5, 0.6) is 0 Å². The van der Waals surface area contributed by atoms with Crippen LogP contribution in [0.4, 0.5) is 0 Å². The Balaban J connectivity index is 3.16. The molecule has 1 rings (SSSR count). The van der Waals surface area contributed by atoms with Gasteiger partial charge in [0.2, 0.25) is 10.0 Å². The quantitative estimate of drug-likeness (QED) is 0.825. The van der Waals surface area contributed by atoms with Crippen LogP contribution < -0.4 is 0 Å². The van der Waals surface area contributed by atoms with Crippen molar-refractivity contribution >= 4 is 16.0 Å². The Morgan fingerprint density at radius 2 is 1.95 bits per heavy atom. The van der Waals surface area contributed by atoms with Crippen LogP contribution in [-0.2, 0) is 21.2 Å². The van der Waals surface area contributed by atoms with Crippen molar-refractivity contribution in [3.8, 4) is 6.07 Å². The van der Waals surface area contributed by atoms with Gasteiger partial charge in [0.1, 0.15) is 6.54 Å². The lowest BCUT2D eigenvalue weighted by molar-refractivity contribution is -0.137. The molecule has 1 unspecified atom stereocenters. The van der Waals surface area contributed by atoms with Gasteiger partial charge in [-0.3, -0.25) is 4.79 Å². The van der Waals surface area contributed by atoms with Gasteiger partial charge in [0.25, 0.3) is 0 Å². The average Bonchev–Trinajstić information content (AvgIpc) is 2.44. The van der Waals surface area contributed by atoms with E-state index in [1.807, 2.05) is 6.07 Å². The van der Waals surface area contributed by atoms with E-state index in [1.165, 1.54) is 12.1 Å². The minimum absolute atomic E-state index is 0.0331. The first kappa shape index (κ1) is 17.1. The predicted molar refractivity (Wildman–Crippen MR) is 77.0 cm³/mol. The first-order chi connectivity index (χ1) is 9.82. The largest absolute Gasteiger partial charge is 0.480 e. The molecule has 7 heteroatoms. The number of rotatable bonds is 7. The summed E-state index contributed by atoms with van der Waals surface area (Å²) in [5.74, 6) is -1.19. The number of sulfonamides is 1. The number of carboxylic acids is 1. The molecule has 1 N–H and O–H groups in total. The second-order valence-electron chi connectivity index (χ2n) is 4.68. The maximum atomic E-state index is 12.5. The van der Waals surface area contributed by atoms with Gasteiger partial charge in [-0.15, -0.1) is 0 Å². The molecule has 0 saturated carbocycles. The predicted octanol–water partition coefficient (Wildman–Crippen LogP) is 1.63. The number of carboxylic acid groups (broad SMARTS) is 1. The van der Waals surface area contributed by atoms with Crippen LogP contribution in [0.25, 0.3) is 0 Å². The number of carbonyl (C=O) groups is 1. The number of nitriles is 1. The summed E-state index contributed by atoms with van der Waals surface area (Å²) in [6, 6.07) is 7.50. The Kier molecular flexibility index (Phi) is 5.88. The highest BCUT2D eigenvalue weighted by Gasteiger charge is 2.30. The van der Waals surface area contributed by atoms with Gasteiger partial charge >= 0.3 is 5.97 Å². The number of hydrogen-bond acceptors (Lipinski definition) is 4. The van der Waals surface area contributed by atoms with E-state index in [1.54, 1.807) is 26.0 Å². The molecule has 0 heterocycles. The standard InChI is InChI=1S/C14H18N2O4S/c1-3-11(2)16(10-14(17)18)21(19,20)13-6-4-12(5-7-13)8-9-15/h4-7,11H,3,8,10H2,1-2H3,(H,17,18). The number of hydrogen-bond donors (Lipinski definition) is 1. The average molecular weight is 310 g/mol. The monoisotopic (exact) mass is 310 g/mol. The van der Waals surface area contributed by atoms with Crippen molar-refractivity contribution in [2.45, 2.75) is 37.6 Å². The van der Waals surface area contributed by atoms with Crippen molar-refractivity contribution in [1.82, 2.24) is 4.31 Å². The Morgan fingerprint density at radius 1 is 1.38 bits per heavy atom. The normalized spacial score (nSPS) is 12.9. The Morgan fingerprint density at radius 3 is 2.38 bits per heavy atom.